The molecule has 2 aliphatic heterocycles. The molecular weight excluding hydrogens is 686 g/mol. The quantitative estimate of drug-likeness (QED) is 0.150. The summed E-state index contributed by atoms with van der Waals surface area (Å²) in [6, 6.07) is 21.6. The van der Waals surface area contributed by atoms with E-state index in [0.717, 1.165) is 19.3 Å². The second kappa shape index (κ2) is 16.4. The maximum atomic E-state index is 2.75. The summed E-state index contributed by atoms with van der Waals surface area (Å²) < 4.78 is 0. The molecule has 5 unspecified atom stereocenters. The Labute approximate surface area is 347 Å². The minimum Gasteiger partial charge on any atom is -0.416 e. The Morgan fingerprint density at radius 1 is 0.912 bits per heavy atom. The molecule has 3 aromatic carbocycles. The van der Waals surface area contributed by atoms with Crippen LogP contribution in [0.25, 0.3) is 11.6 Å². The summed E-state index contributed by atoms with van der Waals surface area (Å²) in [5.74, 6) is 0.698. The van der Waals surface area contributed by atoms with Gasteiger partial charge in [-0.05, 0) is 111 Å². The lowest BCUT2D eigenvalue weighted by atomic mass is 9.61. The zero-order valence-corrected chi connectivity index (χ0v) is 37.0. The Hall–Kier alpha value is -4.43. The van der Waals surface area contributed by atoms with Crippen LogP contribution >= 0.6 is 0 Å². The number of hydrogen-bond acceptors (Lipinski definition) is 2. The first-order valence-corrected chi connectivity index (χ1v) is 22.0. The van der Waals surface area contributed by atoms with Gasteiger partial charge < -0.3 is 9.71 Å². The predicted octanol–water partition coefficient (Wildman–Crippen LogP) is 11.8. The van der Waals surface area contributed by atoms with Gasteiger partial charge in [-0.2, -0.15) is 0 Å². The average molecular weight is 753 g/mol. The van der Waals surface area contributed by atoms with Gasteiger partial charge in [0.2, 0.25) is 7.98 Å². The van der Waals surface area contributed by atoms with Crippen LogP contribution in [0.1, 0.15) is 133 Å². The molecule has 3 aromatic rings. The Bertz CT molecular complexity index is 2250. The predicted molar refractivity (Wildman–Crippen MR) is 255 cm³/mol. The Balaban J connectivity index is 1.56. The summed E-state index contributed by atoms with van der Waals surface area (Å²) in [6.07, 6.45) is 28.6. The lowest BCUT2D eigenvalue weighted by molar-refractivity contribution is 0.200. The molecule has 7 rings (SSSR count). The standard InChI is InChI=1S/C53H66B2N2/c1-10-13-14-15-16-23-40-34-41(54)26-28-47(40)56-38(7)48(44-24-18-17-22-39(44)21-11-2)49(51(56)43-27-25-35(4)31-37(43)6)42(12-3)45-32-36(5)33-46-50(45)57(55)53(9)30-20-19-29-52(46,53)8/h10,13-18,22-28,31-34,37,42,49H,11-12,19-21,29-30,54-55H2,1-9H3/b13-10-,15-14-,23-16+,51-43+. The molecule has 0 saturated heterocycles. The fourth-order valence-corrected chi connectivity index (χ4v) is 11.3. The van der Waals surface area contributed by atoms with Crippen molar-refractivity contribution in [3.63, 3.8) is 0 Å². The van der Waals surface area contributed by atoms with Gasteiger partial charge in [-0.3, -0.25) is 0 Å². The van der Waals surface area contributed by atoms with E-state index in [1.165, 1.54) is 98.5 Å². The molecule has 2 heterocycles. The van der Waals surface area contributed by atoms with E-state index >= 15 is 0 Å². The summed E-state index contributed by atoms with van der Waals surface area (Å²) in [5.41, 5.74) is 20.0. The van der Waals surface area contributed by atoms with E-state index in [-0.39, 0.29) is 28.7 Å². The van der Waals surface area contributed by atoms with Gasteiger partial charge in [-0.1, -0.05) is 167 Å². The molecule has 4 aliphatic rings. The normalized spacial score (nSPS) is 26.6. The average Bonchev–Trinajstić information content (AvgIpc) is 3.56. The molecular formula is C53H66B2N2. The van der Waals surface area contributed by atoms with Crippen LogP contribution < -0.4 is 15.2 Å². The zero-order chi connectivity index (χ0) is 40.6. The summed E-state index contributed by atoms with van der Waals surface area (Å²) in [7, 11) is 4.65. The van der Waals surface area contributed by atoms with E-state index in [4.69, 9.17) is 0 Å². The molecule has 5 atom stereocenters. The molecule has 0 N–H and O–H groups in total. The van der Waals surface area contributed by atoms with Crippen LogP contribution in [0, 0.1) is 18.8 Å². The van der Waals surface area contributed by atoms with Crippen molar-refractivity contribution in [2.24, 2.45) is 11.8 Å². The van der Waals surface area contributed by atoms with Crippen molar-refractivity contribution in [1.29, 1.82) is 0 Å². The Morgan fingerprint density at radius 3 is 2.40 bits per heavy atom. The lowest BCUT2D eigenvalue weighted by Crippen LogP contribution is -2.55. The zero-order valence-electron chi connectivity index (χ0n) is 37.0. The highest BCUT2D eigenvalue weighted by atomic mass is 15.2. The monoisotopic (exact) mass is 753 g/mol. The van der Waals surface area contributed by atoms with Crippen molar-refractivity contribution in [2.45, 2.75) is 124 Å². The van der Waals surface area contributed by atoms with Crippen LogP contribution in [-0.2, 0) is 11.8 Å². The van der Waals surface area contributed by atoms with Crippen molar-refractivity contribution >= 4 is 44.3 Å². The van der Waals surface area contributed by atoms with Crippen LogP contribution in [0.3, 0.4) is 0 Å². The smallest absolute Gasteiger partial charge is 0.218 e. The third-order valence-electron chi connectivity index (χ3n) is 14.4. The highest BCUT2D eigenvalue weighted by Crippen LogP contribution is 2.62. The minimum atomic E-state index is 0.104. The van der Waals surface area contributed by atoms with Crippen LogP contribution in [0.15, 0.2) is 126 Å². The van der Waals surface area contributed by atoms with E-state index in [0.29, 0.717) is 0 Å². The summed E-state index contributed by atoms with van der Waals surface area (Å²) in [4.78, 5) is 5.45. The maximum Gasteiger partial charge on any atom is 0.218 e. The molecule has 0 bridgehead atoms. The first-order valence-electron chi connectivity index (χ1n) is 22.0. The van der Waals surface area contributed by atoms with Crippen molar-refractivity contribution in [2.75, 3.05) is 9.71 Å². The van der Waals surface area contributed by atoms with Crippen molar-refractivity contribution in [1.82, 2.24) is 0 Å². The van der Waals surface area contributed by atoms with Gasteiger partial charge in [0, 0.05) is 39.9 Å². The van der Waals surface area contributed by atoms with Gasteiger partial charge in [0.15, 0.2) is 0 Å². The molecule has 0 spiro atoms. The number of hydrogen-bond donors (Lipinski definition) is 0. The number of fused-ring (bicyclic) bond motifs is 3. The van der Waals surface area contributed by atoms with Crippen LogP contribution in [0.4, 0.5) is 11.4 Å². The summed E-state index contributed by atoms with van der Waals surface area (Å²) in [5, 5.41) is 0. The van der Waals surface area contributed by atoms with E-state index < -0.39 is 0 Å². The highest BCUT2D eigenvalue weighted by Gasteiger charge is 2.57. The van der Waals surface area contributed by atoms with Crippen LogP contribution in [0.2, 0.25) is 0 Å². The molecule has 57 heavy (non-hydrogen) atoms. The number of nitrogens with zero attached hydrogens (tertiary/aromatic N) is 2. The Morgan fingerprint density at radius 2 is 1.67 bits per heavy atom. The Kier molecular flexibility index (Phi) is 11.8. The van der Waals surface area contributed by atoms with Crippen molar-refractivity contribution in [3.8, 4) is 0 Å². The summed E-state index contributed by atoms with van der Waals surface area (Å²) >= 11 is 0. The van der Waals surface area contributed by atoms with E-state index in [1.807, 2.05) is 0 Å². The number of benzene rings is 3. The van der Waals surface area contributed by atoms with Gasteiger partial charge in [0.1, 0.15) is 7.85 Å². The second-order valence-electron chi connectivity index (χ2n) is 18.1. The van der Waals surface area contributed by atoms with Gasteiger partial charge in [0.25, 0.3) is 0 Å². The first-order chi connectivity index (χ1) is 27.4. The molecule has 1 saturated carbocycles. The van der Waals surface area contributed by atoms with Gasteiger partial charge in [-0.15, -0.1) is 0 Å². The van der Waals surface area contributed by atoms with Crippen LogP contribution in [0.5, 0.6) is 0 Å². The molecule has 2 aliphatic carbocycles. The highest BCUT2D eigenvalue weighted by molar-refractivity contribution is 6.32. The number of rotatable bonds is 10. The van der Waals surface area contributed by atoms with Gasteiger partial charge in [-0.25, -0.2) is 0 Å². The topological polar surface area (TPSA) is 6.48 Å². The molecule has 0 amide bonds. The third kappa shape index (κ3) is 7.00. The first kappa shape index (κ1) is 40.8. The molecule has 4 heteroatoms. The van der Waals surface area contributed by atoms with Gasteiger partial charge in [0.05, 0.1) is 5.69 Å². The molecule has 1 fully saturated rings. The molecule has 0 radical (unpaired) electrons. The molecule has 294 valence electrons. The van der Waals surface area contributed by atoms with E-state index in [1.54, 1.807) is 5.56 Å². The maximum absolute atomic E-state index is 2.75. The van der Waals surface area contributed by atoms with Gasteiger partial charge >= 0.3 is 0 Å². The third-order valence-corrected chi connectivity index (χ3v) is 14.4. The summed E-state index contributed by atoms with van der Waals surface area (Å²) in [6.45, 7) is 21.4. The van der Waals surface area contributed by atoms with Crippen molar-refractivity contribution in [3.05, 3.63) is 159 Å². The number of aryl methyl sites for hydroxylation is 2. The minimum absolute atomic E-state index is 0.104. The largest absolute Gasteiger partial charge is 0.416 e. The number of allylic oxidation sites excluding steroid dienone is 12. The fraction of sp³-hybridized carbons (Fsp3) is 0.396. The fourth-order valence-electron chi connectivity index (χ4n) is 11.3. The molecule has 0 aromatic heterocycles. The van der Waals surface area contributed by atoms with E-state index in [9.17, 15) is 0 Å². The lowest BCUT2D eigenvalue weighted by Gasteiger charge is -2.50. The second-order valence-corrected chi connectivity index (χ2v) is 18.1. The number of anilines is 2. The molecule has 2 nitrogen and oxygen atoms in total. The van der Waals surface area contributed by atoms with Crippen LogP contribution in [-0.4, -0.2) is 21.4 Å². The van der Waals surface area contributed by atoms with E-state index in [2.05, 4.69) is 197 Å². The van der Waals surface area contributed by atoms with Crippen molar-refractivity contribution < 1.29 is 0 Å². The SMILES string of the molecule is Bc1ccc(N2C(C)=C(c3ccccc3CCC)C(C(CC)c3cc(C)cc4c3N(B)C3(C)CCCCC43C)/C2=C2/C=CC(C)=CC2C)c(/C=C/C=C\C=C/C)c1.